The molecule has 0 saturated carbocycles. The van der Waals surface area contributed by atoms with Crippen molar-refractivity contribution in [1.29, 1.82) is 0 Å². The fourth-order valence-corrected chi connectivity index (χ4v) is 5.83. The quantitative estimate of drug-likeness (QED) is 0.556. The molecule has 0 bridgehead atoms. The van der Waals surface area contributed by atoms with Crippen LogP contribution >= 0.6 is 11.6 Å². The van der Waals surface area contributed by atoms with E-state index in [4.69, 9.17) is 16.3 Å². The number of halogens is 1. The van der Waals surface area contributed by atoms with Gasteiger partial charge in [-0.25, -0.2) is 0 Å². The van der Waals surface area contributed by atoms with Gasteiger partial charge in [-0.1, -0.05) is 41.4 Å². The molecule has 182 valence electrons. The molecule has 3 fully saturated rings. The first-order chi connectivity index (χ1) is 16.5. The molecule has 3 heterocycles. The molecule has 1 spiro atoms. The van der Waals surface area contributed by atoms with Gasteiger partial charge in [0.15, 0.2) is 0 Å². The molecule has 1 atom stereocenters. The summed E-state index contributed by atoms with van der Waals surface area (Å²) in [4.78, 5) is 20.3. The van der Waals surface area contributed by atoms with E-state index in [9.17, 15) is 4.79 Å². The molecule has 34 heavy (non-hydrogen) atoms. The third-order valence-electron chi connectivity index (χ3n) is 8.00. The molecule has 3 aliphatic heterocycles. The fraction of sp³-hybridized carbons (Fsp3) is 0.536. The van der Waals surface area contributed by atoms with E-state index in [2.05, 4.69) is 58.0 Å². The van der Waals surface area contributed by atoms with E-state index >= 15 is 0 Å². The van der Waals surface area contributed by atoms with Crippen molar-refractivity contribution in [2.75, 3.05) is 50.7 Å². The smallest absolute Gasteiger partial charge is 0.312 e. The van der Waals surface area contributed by atoms with Gasteiger partial charge in [-0.2, -0.15) is 0 Å². The zero-order valence-corrected chi connectivity index (χ0v) is 21.0. The lowest BCUT2D eigenvalue weighted by Gasteiger charge is -2.37. The Hall–Kier alpha value is -2.08. The SMILES string of the molecule is Cc1ccc(N2CCN(CCC3CC4(CCN(Cc5ccc(Cl)cc5)CC4)C(=O)O3)CC2)cc1. The van der Waals surface area contributed by atoms with E-state index in [1.807, 2.05) is 12.1 Å². The predicted octanol–water partition coefficient (Wildman–Crippen LogP) is 4.76. The van der Waals surface area contributed by atoms with Gasteiger partial charge in [0, 0.05) is 56.4 Å². The highest BCUT2D eigenvalue weighted by Gasteiger charge is 2.50. The molecule has 3 aliphatic rings. The minimum Gasteiger partial charge on any atom is -0.462 e. The number of anilines is 1. The maximum atomic E-state index is 12.9. The van der Waals surface area contributed by atoms with Crippen molar-refractivity contribution in [3.63, 3.8) is 0 Å². The first kappa shape index (κ1) is 23.7. The molecular weight excluding hydrogens is 446 g/mol. The lowest BCUT2D eigenvalue weighted by atomic mass is 9.75. The van der Waals surface area contributed by atoms with Crippen molar-refractivity contribution in [1.82, 2.24) is 9.80 Å². The minimum absolute atomic E-state index is 0.0489. The van der Waals surface area contributed by atoms with E-state index in [1.165, 1.54) is 16.8 Å². The zero-order valence-electron chi connectivity index (χ0n) is 20.2. The van der Waals surface area contributed by atoms with Gasteiger partial charge >= 0.3 is 5.97 Å². The van der Waals surface area contributed by atoms with Gasteiger partial charge in [0.25, 0.3) is 0 Å². The van der Waals surface area contributed by atoms with Crippen molar-refractivity contribution in [3.8, 4) is 0 Å². The third-order valence-corrected chi connectivity index (χ3v) is 8.25. The Morgan fingerprint density at radius 3 is 2.26 bits per heavy atom. The third kappa shape index (κ3) is 5.42. The van der Waals surface area contributed by atoms with Crippen LogP contribution in [0.4, 0.5) is 5.69 Å². The summed E-state index contributed by atoms with van der Waals surface area (Å²) < 4.78 is 5.90. The van der Waals surface area contributed by atoms with Crippen molar-refractivity contribution in [2.45, 2.75) is 45.3 Å². The molecule has 0 aromatic heterocycles. The molecule has 0 N–H and O–H groups in total. The zero-order chi connectivity index (χ0) is 23.5. The summed E-state index contributed by atoms with van der Waals surface area (Å²) in [6, 6.07) is 16.9. The Morgan fingerprint density at radius 1 is 0.912 bits per heavy atom. The summed E-state index contributed by atoms with van der Waals surface area (Å²) in [6.07, 6.45) is 3.73. The van der Waals surface area contributed by atoms with Gasteiger partial charge in [-0.05, 0) is 69.1 Å². The second-order valence-electron chi connectivity index (χ2n) is 10.4. The summed E-state index contributed by atoms with van der Waals surface area (Å²) in [5.41, 5.74) is 3.64. The van der Waals surface area contributed by atoms with Crippen LogP contribution < -0.4 is 4.90 Å². The highest BCUT2D eigenvalue weighted by Crippen LogP contribution is 2.44. The first-order valence-corrected chi connectivity index (χ1v) is 13.1. The second kappa shape index (κ2) is 10.3. The number of aryl methyl sites for hydroxylation is 1. The summed E-state index contributed by atoms with van der Waals surface area (Å²) in [5.74, 6) is 0.0489. The number of piperidine rings is 1. The first-order valence-electron chi connectivity index (χ1n) is 12.7. The van der Waals surface area contributed by atoms with Crippen LogP contribution in [0.5, 0.6) is 0 Å². The van der Waals surface area contributed by atoms with E-state index < -0.39 is 0 Å². The van der Waals surface area contributed by atoms with Gasteiger partial charge in [-0.3, -0.25) is 14.6 Å². The molecule has 5 nitrogen and oxygen atoms in total. The van der Waals surface area contributed by atoms with Gasteiger partial charge in [0.05, 0.1) is 5.41 Å². The van der Waals surface area contributed by atoms with Crippen molar-refractivity contribution in [3.05, 3.63) is 64.7 Å². The Morgan fingerprint density at radius 2 is 1.59 bits per heavy atom. The Balaban J connectivity index is 1.05. The Kier molecular flexibility index (Phi) is 7.14. The normalized spacial score (nSPS) is 23.4. The van der Waals surface area contributed by atoms with Crippen LogP contribution in [-0.2, 0) is 16.1 Å². The van der Waals surface area contributed by atoms with Crippen LogP contribution in [0.15, 0.2) is 48.5 Å². The maximum absolute atomic E-state index is 12.9. The average Bonchev–Trinajstić information content (AvgIpc) is 3.16. The molecule has 2 aromatic carbocycles. The van der Waals surface area contributed by atoms with Crippen LogP contribution in [-0.4, -0.2) is 67.7 Å². The summed E-state index contributed by atoms with van der Waals surface area (Å²) in [5, 5.41) is 0.772. The van der Waals surface area contributed by atoms with Gasteiger partial charge in [0.1, 0.15) is 6.10 Å². The number of benzene rings is 2. The monoisotopic (exact) mass is 481 g/mol. The molecule has 1 unspecified atom stereocenters. The number of carbonyl (C=O) groups is 1. The molecule has 5 rings (SSSR count). The van der Waals surface area contributed by atoms with Gasteiger partial charge in [0.2, 0.25) is 0 Å². The number of ether oxygens (including phenoxy) is 1. The molecule has 3 saturated heterocycles. The predicted molar refractivity (Wildman–Crippen MR) is 137 cm³/mol. The fourth-order valence-electron chi connectivity index (χ4n) is 5.71. The number of hydrogen-bond donors (Lipinski definition) is 0. The lowest BCUT2D eigenvalue weighted by molar-refractivity contribution is -0.151. The van der Waals surface area contributed by atoms with Crippen molar-refractivity contribution in [2.24, 2.45) is 5.41 Å². The standard InChI is InChI=1S/C28H36ClN3O2/c1-22-2-8-25(9-3-22)32-18-16-30(17-19-32)13-10-26-20-28(27(33)34-26)11-14-31(15-12-28)21-23-4-6-24(29)7-5-23/h2-9,26H,10-21H2,1H3. The highest BCUT2D eigenvalue weighted by molar-refractivity contribution is 6.30. The maximum Gasteiger partial charge on any atom is 0.312 e. The lowest BCUT2D eigenvalue weighted by Crippen LogP contribution is -2.47. The minimum atomic E-state index is -0.259. The largest absolute Gasteiger partial charge is 0.462 e. The topological polar surface area (TPSA) is 36.0 Å². The number of rotatable bonds is 6. The van der Waals surface area contributed by atoms with Crippen LogP contribution in [0.25, 0.3) is 0 Å². The molecule has 0 aliphatic carbocycles. The van der Waals surface area contributed by atoms with Crippen LogP contribution in [0.3, 0.4) is 0 Å². The average molecular weight is 482 g/mol. The number of piperazine rings is 1. The number of cyclic esters (lactones) is 1. The molecular formula is C28H36ClN3O2. The van der Waals surface area contributed by atoms with E-state index in [0.717, 1.165) is 83.1 Å². The number of esters is 1. The van der Waals surface area contributed by atoms with Crippen LogP contribution in [0.1, 0.15) is 36.8 Å². The number of nitrogens with zero attached hydrogens (tertiary/aromatic N) is 3. The summed E-state index contributed by atoms with van der Waals surface area (Å²) in [6.45, 7) is 10.2. The summed E-state index contributed by atoms with van der Waals surface area (Å²) in [7, 11) is 0. The van der Waals surface area contributed by atoms with Crippen LogP contribution in [0, 0.1) is 12.3 Å². The highest BCUT2D eigenvalue weighted by atomic mass is 35.5. The van der Waals surface area contributed by atoms with E-state index in [0.29, 0.717) is 0 Å². The molecule has 6 heteroatoms. The summed E-state index contributed by atoms with van der Waals surface area (Å²) >= 11 is 6.01. The molecule has 0 radical (unpaired) electrons. The molecule has 0 amide bonds. The van der Waals surface area contributed by atoms with E-state index in [-0.39, 0.29) is 17.5 Å². The number of carbonyl (C=O) groups excluding carboxylic acids is 1. The van der Waals surface area contributed by atoms with E-state index in [1.54, 1.807) is 0 Å². The van der Waals surface area contributed by atoms with Gasteiger partial charge in [-0.15, -0.1) is 0 Å². The van der Waals surface area contributed by atoms with Crippen molar-refractivity contribution >= 4 is 23.3 Å². The van der Waals surface area contributed by atoms with Gasteiger partial charge < -0.3 is 9.64 Å². The molecule has 2 aromatic rings. The van der Waals surface area contributed by atoms with Crippen molar-refractivity contribution < 1.29 is 9.53 Å². The Bertz CT molecular complexity index is 962. The second-order valence-corrected chi connectivity index (χ2v) is 10.8. The van der Waals surface area contributed by atoms with Crippen LogP contribution in [0.2, 0.25) is 5.02 Å². The number of likely N-dealkylation sites (tertiary alicyclic amines) is 1. The number of hydrogen-bond acceptors (Lipinski definition) is 5. The Labute approximate surface area is 208 Å².